The van der Waals surface area contributed by atoms with Crippen LogP contribution in [0.25, 0.3) is 11.3 Å². The number of aromatic nitrogens is 2. The van der Waals surface area contributed by atoms with E-state index in [1.165, 1.54) is 12.1 Å². The minimum atomic E-state index is -0.297. The molecule has 3 aromatic carbocycles. The van der Waals surface area contributed by atoms with E-state index in [9.17, 15) is 9.18 Å². The van der Waals surface area contributed by atoms with E-state index in [1.807, 2.05) is 61.5 Å². The molecule has 4 rings (SSSR count). The molecule has 4 aromatic rings. The summed E-state index contributed by atoms with van der Waals surface area (Å²) in [6, 6.07) is 24.0. The third-order valence-corrected chi connectivity index (χ3v) is 4.89. The van der Waals surface area contributed by atoms with Gasteiger partial charge in [-0.3, -0.25) is 9.48 Å². The molecule has 1 aromatic heterocycles. The first-order chi connectivity index (χ1) is 14.6. The third kappa shape index (κ3) is 4.63. The van der Waals surface area contributed by atoms with Crippen LogP contribution in [0.1, 0.15) is 27.0 Å². The van der Waals surface area contributed by atoms with Gasteiger partial charge in [-0.2, -0.15) is 5.10 Å². The lowest BCUT2D eigenvalue weighted by molar-refractivity contribution is 0.0951. The number of amides is 1. The maximum Gasteiger partial charge on any atom is 0.255 e. The summed E-state index contributed by atoms with van der Waals surface area (Å²) >= 11 is 0. The predicted molar refractivity (Wildman–Crippen MR) is 116 cm³/mol. The molecule has 1 N–H and O–H groups in total. The monoisotopic (exact) mass is 399 g/mol. The fraction of sp³-hybridized carbons (Fsp3) is 0.120. The average Bonchev–Trinajstić information content (AvgIpc) is 3.18. The number of nitrogens with one attached hydrogen (secondary N) is 1. The number of aryl methyl sites for hydroxylation is 1. The SMILES string of the molecule is Cc1ccc(-c2nn(Cc3ccccc3)cc2C(=O)NCc2ccc(F)cc2)cc1. The summed E-state index contributed by atoms with van der Waals surface area (Å²) in [5.74, 6) is -0.511. The fourth-order valence-corrected chi connectivity index (χ4v) is 3.24. The molecule has 0 radical (unpaired) electrons. The Morgan fingerprint density at radius 2 is 1.63 bits per heavy atom. The summed E-state index contributed by atoms with van der Waals surface area (Å²) in [7, 11) is 0. The van der Waals surface area contributed by atoms with Crippen LogP contribution in [0.2, 0.25) is 0 Å². The van der Waals surface area contributed by atoms with Crippen molar-refractivity contribution in [2.24, 2.45) is 0 Å². The second kappa shape index (κ2) is 8.74. The Bertz CT molecular complexity index is 1130. The number of halogens is 1. The zero-order valence-electron chi connectivity index (χ0n) is 16.7. The number of carbonyl (C=O) groups is 1. The van der Waals surface area contributed by atoms with E-state index in [2.05, 4.69) is 5.32 Å². The molecule has 0 atom stereocenters. The van der Waals surface area contributed by atoms with Crippen molar-refractivity contribution in [1.82, 2.24) is 15.1 Å². The normalized spacial score (nSPS) is 10.7. The van der Waals surface area contributed by atoms with Gasteiger partial charge in [-0.25, -0.2) is 4.39 Å². The van der Waals surface area contributed by atoms with Gasteiger partial charge in [0.15, 0.2) is 0 Å². The maximum atomic E-state index is 13.1. The summed E-state index contributed by atoms with van der Waals surface area (Å²) in [6.45, 7) is 2.91. The standard InChI is InChI=1S/C25H22FN3O/c1-18-7-11-21(12-8-18)24-23(17-29(28-24)16-20-5-3-2-4-6-20)25(30)27-15-19-9-13-22(26)14-10-19/h2-14,17H,15-16H2,1H3,(H,27,30). The van der Waals surface area contributed by atoms with Crippen LogP contribution in [0.5, 0.6) is 0 Å². The Balaban J connectivity index is 1.61. The smallest absolute Gasteiger partial charge is 0.255 e. The summed E-state index contributed by atoms with van der Waals surface area (Å²) in [5, 5.41) is 7.62. The van der Waals surface area contributed by atoms with Crippen molar-refractivity contribution in [3.05, 3.63) is 113 Å². The molecule has 0 aliphatic rings. The number of benzene rings is 3. The molecule has 0 spiro atoms. The highest BCUT2D eigenvalue weighted by molar-refractivity contribution is 5.99. The van der Waals surface area contributed by atoms with Crippen LogP contribution in [0.4, 0.5) is 4.39 Å². The van der Waals surface area contributed by atoms with E-state index >= 15 is 0 Å². The molecule has 4 nitrogen and oxygen atoms in total. The van der Waals surface area contributed by atoms with Crippen LogP contribution in [0, 0.1) is 12.7 Å². The molecule has 0 saturated carbocycles. The van der Waals surface area contributed by atoms with Gasteiger partial charge >= 0.3 is 0 Å². The largest absolute Gasteiger partial charge is 0.348 e. The average molecular weight is 399 g/mol. The van der Waals surface area contributed by atoms with Crippen LogP contribution in [0.15, 0.2) is 85.1 Å². The first-order valence-electron chi connectivity index (χ1n) is 9.79. The van der Waals surface area contributed by atoms with Gasteiger partial charge in [-0.15, -0.1) is 0 Å². The van der Waals surface area contributed by atoms with Crippen molar-refractivity contribution >= 4 is 5.91 Å². The molecular formula is C25H22FN3O. The van der Waals surface area contributed by atoms with E-state index in [0.717, 1.165) is 22.3 Å². The molecule has 0 aliphatic heterocycles. The Hall–Kier alpha value is -3.73. The van der Waals surface area contributed by atoms with Gasteiger partial charge in [0.05, 0.1) is 12.1 Å². The zero-order chi connectivity index (χ0) is 20.9. The number of carbonyl (C=O) groups excluding carboxylic acids is 1. The Labute approximate surface area is 175 Å². The topological polar surface area (TPSA) is 46.9 Å². The lowest BCUT2D eigenvalue weighted by Gasteiger charge is -2.06. The minimum absolute atomic E-state index is 0.214. The quantitative estimate of drug-likeness (QED) is 0.497. The summed E-state index contributed by atoms with van der Waals surface area (Å²) < 4.78 is 14.9. The van der Waals surface area contributed by atoms with Gasteiger partial charge in [0.25, 0.3) is 5.91 Å². The maximum absolute atomic E-state index is 13.1. The molecule has 1 amide bonds. The van der Waals surface area contributed by atoms with Crippen molar-refractivity contribution in [3.63, 3.8) is 0 Å². The summed E-state index contributed by atoms with van der Waals surface area (Å²) in [4.78, 5) is 13.0. The van der Waals surface area contributed by atoms with E-state index < -0.39 is 0 Å². The highest BCUT2D eigenvalue weighted by Gasteiger charge is 2.18. The van der Waals surface area contributed by atoms with Crippen molar-refractivity contribution in [1.29, 1.82) is 0 Å². The van der Waals surface area contributed by atoms with Crippen LogP contribution in [-0.2, 0) is 13.1 Å². The molecule has 0 unspecified atom stereocenters. The van der Waals surface area contributed by atoms with Crippen molar-refractivity contribution in [3.8, 4) is 11.3 Å². The summed E-state index contributed by atoms with van der Waals surface area (Å²) in [5.41, 5.74) is 5.12. The predicted octanol–water partition coefficient (Wildman–Crippen LogP) is 4.98. The van der Waals surface area contributed by atoms with Gasteiger partial charge < -0.3 is 5.32 Å². The molecule has 0 aliphatic carbocycles. The van der Waals surface area contributed by atoms with Crippen LogP contribution in [-0.4, -0.2) is 15.7 Å². The highest BCUT2D eigenvalue weighted by atomic mass is 19.1. The van der Waals surface area contributed by atoms with Crippen molar-refractivity contribution in [2.75, 3.05) is 0 Å². The van der Waals surface area contributed by atoms with Gasteiger partial charge in [-0.1, -0.05) is 72.3 Å². The van der Waals surface area contributed by atoms with Crippen LogP contribution in [0.3, 0.4) is 0 Å². The Morgan fingerprint density at radius 3 is 2.33 bits per heavy atom. The minimum Gasteiger partial charge on any atom is -0.348 e. The third-order valence-electron chi connectivity index (χ3n) is 4.89. The molecule has 5 heteroatoms. The molecule has 0 saturated heterocycles. The lowest BCUT2D eigenvalue weighted by Crippen LogP contribution is -2.23. The van der Waals surface area contributed by atoms with E-state index in [-0.39, 0.29) is 11.7 Å². The Kier molecular flexibility index (Phi) is 5.70. The lowest BCUT2D eigenvalue weighted by atomic mass is 10.1. The Morgan fingerprint density at radius 1 is 0.933 bits per heavy atom. The molecule has 150 valence electrons. The molecular weight excluding hydrogens is 377 g/mol. The first kappa shape index (κ1) is 19.6. The summed E-state index contributed by atoms with van der Waals surface area (Å²) in [6.07, 6.45) is 1.78. The molecule has 30 heavy (non-hydrogen) atoms. The van der Waals surface area contributed by atoms with Crippen molar-refractivity contribution in [2.45, 2.75) is 20.0 Å². The van der Waals surface area contributed by atoms with Gasteiger partial charge in [0.1, 0.15) is 11.5 Å². The van der Waals surface area contributed by atoms with Gasteiger partial charge in [0, 0.05) is 18.3 Å². The van der Waals surface area contributed by atoms with Crippen LogP contribution >= 0.6 is 0 Å². The van der Waals surface area contributed by atoms with E-state index in [4.69, 9.17) is 5.10 Å². The van der Waals surface area contributed by atoms with Gasteiger partial charge in [-0.05, 0) is 30.2 Å². The highest BCUT2D eigenvalue weighted by Crippen LogP contribution is 2.23. The second-order valence-corrected chi connectivity index (χ2v) is 7.25. The number of nitrogens with zero attached hydrogens (tertiary/aromatic N) is 2. The molecule has 0 bridgehead atoms. The molecule has 0 fully saturated rings. The second-order valence-electron chi connectivity index (χ2n) is 7.25. The first-order valence-corrected chi connectivity index (χ1v) is 9.79. The fourth-order valence-electron chi connectivity index (χ4n) is 3.24. The van der Waals surface area contributed by atoms with Gasteiger partial charge in [0.2, 0.25) is 0 Å². The molecule has 1 heterocycles. The van der Waals surface area contributed by atoms with Crippen LogP contribution < -0.4 is 5.32 Å². The number of hydrogen-bond donors (Lipinski definition) is 1. The van der Waals surface area contributed by atoms with E-state index in [1.54, 1.807) is 23.0 Å². The number of hydrogen-bond acceptors (Lipinski definition) is 2. The zero-order valence-corrected chi connectivity index (χ0v) is 16.7. The number of rotatable bonds is 6. The van der Waals surface area contributed by atoms with Crippen molar-refractivity contribution < 1.29 is 9.18 Å². The van der Waals surface area contributed by atoms with E-state index in [0.29, 0.717) is 24.3 Å².